The zero-order chi connectivity index (χ0) is 21.2. The van der Waals surface area contributed by atoms with E-state index in [2.05, 4.69) is 13.0 Å². The monoisotopic (exact) mass is 425 g/mol. The SMILES string of the molecule is COc1c(-c2cc3c(s2)[C@@H](O)C(C)CC3)ccc2c(=O)c(C(=O)O)cn(C3CC3)c12. The molecule has 1 unspecified atom stereocenters. The van der Waals surface area contributed by atoms with Crippen LogP contribution in [0.5, 0.6) is 5.75 Å². The van der Waals surface area contributed by atoms with Gasteiger partial charge in [0.1, 0.15) is 5.56 Å². The van der Waals surface area contributed by atoms with Crippen LogP contribution in [0.3, 0.4) is 0 Å². The minimum Gasteiger partial charge on any atom is -0.494 e. The highest BCUT2D eigenvalue weighted by Gasteiger charge is 2.31. The molecule has 0 bridgehead atoms. The number of aromatic nitrogens is 1. The van der Waals surface area contributed by atoms with E-state index in [1.54, 1.807) is 24.5 Å². The van der Waals surface area contributed by atoms with Crippen molar-refractivity contribution in [1.29, 1.82) is 0 Å². The maximum atomic E-state index is 12.8. The summed E-state index contributed by atoms with van der Waals surface area (Å²) in [6, 6.07) is 5.83. The lowest BCUT2D eigenvalue weighted by Gasteiger charge is -2.24. The molecule has 2 aliphatic rings. The van der Waals surface area contributed by atoms with E-state index < -0.39 is 17.5 Å². The van der Waals surface area contributed by atoms with E-state index in [1.807, 2.05) is 10.6 Å². The molecule has 0 saturated heterocycles. The number of hydrogen-bond acceptors (Lipinski definition) is 5. The molecule has 0 radical (unpaired) electrons. The lowest BCUT2D eigenvalue weighted by Crippen LogP contribution is -2.19. The van der Waals surface area contributed by atoms with Crippen LogP contribution in [0.4, 0.5) is 0 Å². The van der Waals surface area contributed by atoms with Crippen molar-refractivity contribution in [3.8, 4) is 16.2 Å². The number of nitrogens with zero attached hydrogens (tertiary/aromatic N) is 1. The van der Waals surface area contributed by atoms with Crippen molar-refractivity contribution in [2.24, 2.45) is 5.92 Å². The number of rotatable bonds is 4. The van der Waals surface area contributed by atoms with Gasteiger partial charge in [-0.3, -0.25) is 4.79 Å². The van der Waals surface area contributed by atoms with Crippen LogP contribution < -0.4 is 10.2 Å². The van der Waals surface area contributed by atoms with Gasteiger partial charge in [-0.15, -0.1) is 11.3 Å². The summed E-state index contributed by atoms with van der Waals surface area (Å²) in [5.41, 5.74) is 1.97. The number of ether oxygens (including phenoxy) is 1. The van der Waals surface area contributed by atoms with Gasteiger partial charge in [-0.25, -0.2) is 4.79 Å². The number of pyridine rings is 1. The number of benzene rings is 1. The third-order valence-corrected chi connectivity index (χ3v) is 7.59. The van der Waals surface area contributed by atoms with Crippen LogP contribution in [-0.4, -0.2) is 27.9 Å². The summed E-state index contributed by atoms with van der Waals surface area (Å²) in [5, 5.41) is 20.5. The number of methoxy groups -OCH3 is 1. The predicted octanol–water partition coefficient (Wildman–Crippen LogP) is 4.39. The molecule has 6 nitrogen and oxygen atoms in total. The van der Waals surface area contributed by atoms with Gasteiger partial charge in [0.25, 0.3) is 0 Å². The molecule has 2 heterocycles. The molecule has 2 atom stereocenters. The van der Waals surface area contributed by atoms with Crippen LogP contribution in [0.15, 0.2) is 29.2 Å². The average Bonchev–Trinajstić information content (AvgIpc) is 3.48. The van der Waals surface area contributed by atoms with E-state index in [9.17, 15) is 19.8 Å². The molecule has 2 aliphatic carbocycles. The standard InChI is InChI=1S/C23H23NO5S/c1-11-3-4-12-9-17(30-22(12)19(11)25)14-7-8-15-18(21(14)29-2)24(13-5-6-13)10-16(20(15)26)23(27)28/h7-11,13,19,25H,3-6H2,1-2H3,(H,27,28)/t11?,19-/m0/s1. The first kappa shape index (κ1) is 19.3. The third kappa shape index (κ3) is 2.87. The number of aromatic carboxylic acids is 1. The molecular formula is C23H23NO5S. The molecule has 2 N–H and O–H groups in total. The predicted molar refractivity (Wildman–Crippen MR) is 116 cm³/mol. The average molecular weight is 426 g/mol. The second-order valence-electron chi connectivity index (χ2n) is 8.32. The van der Waals surface area contributed by atoms with Gasteiger partial charge in [0.15, 0.2) is 5.75 Å². The summed E-state index contributed by atoms with van der Waals surface area (Å²) < 4.78 is 7.70. The number of carboxylic acids is 1. The van der Waals surface area contributed by atoms with Crippen LogP contribution in [0.25, 0.3) is 21.3 Å². The molecule has 0 spiro atoms. The molecule has 30 heavy (non-hydrogen) atoms. The minimum absolute atomic E-state index is 0.176. The molecule has 1 fully saturated rings. The highest BCUT2D eigenvalue weighted by atomic mass is 32.1. The van der Waals surface area contributed by atoms with Crippen molar-refractivity contribution >= 4 is 28.2 Å². The number of carboxylic acid groups (broad SMARTS) is 1. The highest BCUT2D eigenvalue weighted by Crippen LogP contribution is 2.47. The van der Waals surface area contributed by atoms with Gasteiger partial charge in [-0.2, -0.15) is 0 Å². The minimum atomic E-state index is -1.21. The molecule has 1 saturated carbocycles. The summed E-state index contributed by atoms with van der Waals surface area (Å²) in [6.45, 7) is 2.07. The number of hydrogen-bond donors (Lipinski definition) is 2. The summed E-state index contributed by atoms with van der Waals surface area (Å²) in [5.74, 6) is -0.403. The Morgan fingerprint density at radius 1 is 1.27 bits per heavy atom. The van der Waals surface area contributed by atoms with Crippen molar-refractivity contribution < 1.29 is 19.7 Å². The normalized spacial score (nSPS) is 20.9. The molecule has 5 rings (SSSR count). The Labute approximate surface area is 177 Å². The molecule has 2 aromatic heterocycles. The van der Waals surface area contributed by atoms with E-state index in [-0.39, 0.29) is 17.5 Å². The second-order valence-corrected chi connectivity index (χ2v) is 9.40. The van der Waals surface area contributed by atoms with Gasteiger partial charge in [-0.1, -0.05) is 6.92 Å². The number of aryl methyl sites for hydroxylation is 1. The summed E-state index contributed by atoms with van der Waals surface area (Å²) in [7, 11) is 1.58. The summed E-state index contributed by atoms with van der Waals surface area (Å²) in [4.78, 5) is 26.4. The Kier molecular flexibility index (Phi) is 4.48. The van der Waals surface area contributed by atoms with E-state index in [1.165, 1.54) is 11.8 Å². The first-order valence-electron chi connectivity index (χ1n) is 10.2. The maximum absolute atomic E-state index is 12.8. The van der Waals surface area contributed by atoms with Crippen LogP contribution >= 0.6 is 11.3 Å². The molecule has 0 aliphatic heterocycles. The van der Waals surface area contributed by atoms with Gasteiger partial charge < -0.3 is 19.5 Å². The fraction of sp³-hybridized carbons (Fsp3) is 0.391. The molecule has 156 valence electrons. The summed E-state index contributed by atoms with van der Waals surface area (Å²) in [6.07, 6.45) is 4.79. The van der Waals surface area contributed by atoms with Crippen molar-refractivity contribution in [1.82, 2.24) is 4.57 Å². The zero-order valence-corrected chi connectivity index (χ0v) is 17.7. The van der Waals surface area contributed by atoms with Crippen LogP contribution in [0.1, 0.15) is 59.1 Å². The van der Waals surface area contributed by atoms with Gasteiger partial charge in [-0.05, 0) is 55.4 Å². The quantitative estimate of drug-likeness (QED) is 0.647. The number of aliphatic hydroxyl groups is 1. The third-order valence-electron chi connectivity index (χ3n) is 6.31. The number of fused-ring (bicyclic) bond motifs is 2. The van der Waals surface area contributed by atoms with E-state index in [0.29, 0.717) is 16.7 Å². The first-order valence-corrected chi connectivity index (χ1v) is 11.0. The molecule has 0 amide bonds. The van der Waals surface area contributed by atoms with Crippen LogP contribution in [0, 0.1) is 5.92 Å². The maximum Gasteiger partial charge on any atom is 0.341 e. The van der Waals surface area contributed by atoms with E-state index >= 15 is 0 Å². The fourth-order valence-electron chi connectivity index (χ4n) is 4.43. The Balaban J connectivity index is 1.77. The number of aliphatic hydroxyl groups excluding tert-OH is 1. The molecular weight excluding hydrogens is 402 g/mol. The van der Waals surface area contributed by atoms with E-state index in [0.717, 1.165) is 41.0 Å². The Bertz CT molecular complexity index is 1240. The van der Waals surface area contributed by atoms with E-state index in [4.69, 9.17) is 4.74 Å². The molecule has 3 aromatic rings. The Morgan fingerprint density at radius 2 is 2.03 bits per heavy atom. The lowest BCUT2D eigenvalue weighted by molar-refractivity contribution is 0.0694. The van der Waals surface area contributed by atoms with Crippen molar-refractivity contribution in [2.75, 3.05) is 7.11 Å². The van der Waals surface area contributed by atoms with Gasteiger partial charge in [0.05, 0.1) is 24.1 Å². The van der Waals surface area contributed by atoms with Gasteiger partial charge >= 0.3 is 5.97 Å². The fourth-order valence-corrected chi connectivity index (χ4v) is 5.79. The highest BCUT2D eigenvalue weighted by molar-refractivity contribution is 7.15. The van der Waals surface area contributed by atoms with Crippen molar-refractivity contribution in [3.05, 3.63) is 50.6 Å². The van der Waals surface area contributed by atoms with Gasteiger partial charge in [0.2, 0.25) is 5.43 Å². The number of carbonyl (C=O) groups is 1. The topological polar surface area (TPSA) is 88.8 Å². The summed E-state index contributed by atoms with van der Waals surface area (Å²) >= 11 is 1.57. The molecule has 1 aromatic carbocycles. The largest absolute Gasteiger partial charge is 0.494 e. The molecule has 7 heteroatoms. The van der Waals surface area contributed by atoms with Crippen molar-refractivity contribution in [3.63, 3.8) is 0 Å². The van der Waals surface area contributed by atoms with Crippen molar-refractivity contribution in [2.45, 2.75) is 44.8 Å². The van der Waals surface area contributed by atoms with Gasteiger partial charge in [0, 0.05) is 27.6 Å². The van der Waals surface area contributed by atoms with Crippen LogP contribution in [0.2, 0.25) is 0 Å². The lowest BCUT2D eigenvalue weighted by atomic mass is 9.88. The smallest absolute Gasteiger partial charge is 0.341 e. The van der Waals surface area contributed by atoms with Crippen LogP contribution in [-0.2, 0) is 6.42 Å². The number of thiophene rings is 1. The zero-order valence-electron chi connectivity index (χ0n) is 16.8. The first-order chi connectivity index (χ1) is 14.4. The Hall–Kier alpha value is -2.64. The Morgan fingerprint density at radius 3 is 2.70 bits per heavy atom. The second kappa shape index (κ2) is 6.96.